The molecule has 58 valence electrons. The van der Waals surface area contributed by atoms with E-state index < -0.39 is 12.5 Å². The predicted octanol–water partition coefficient (Wildman–Crippen LogP) is 1.92. The molecule has 0 aliphatic heterocycles. The highest BCUT2D eigenvalue weighted by Gasteiger charge is 2.35. The van der Waals surface area contributed by atoms with Crippen LogP contribution < -0.4 is 0 Å². The molecule has 0 bridgehead atoms. The van der Waals surface area contributed by atoms with Gasteiger partial charge in [-0.1, -0.05) is 0 Å². The molecule has 0 aliphatic carbocycles. The first kappa shape index (κ1) is 13.9. The monoisotopic (exact) mass is 298 g/mol. The highest BCUT2D eigenvalue weighted by atomic mass is 35.9. The van der Waals surface area contributed by atoms with E-state index in [1.807, 2.05) is 0 Å². The average molecular weight is 301 g/mol. The van der Waals surface area contributed by atoms with Crippen molar-refractivity contribution in [2.24, 2.45) is 0 Å². The zero-order valence-electron chi connectivity index (χ0n) is 4.35. The van der Waals surface area contributed by atoms with Gasteiger partial charge in [-0.05, 0) is 0 Å². The van der Waals surface area contributed by atoms with E-state index in [4.69, 9.17) is 66.5 Å². The highest BCUT2D eigenvalue weighted by molar-refractivity contribution is 7.97. The standard InChI is InChI=1S/Cl5HSi2.ClH3Si/c1-6(2)7(3,4)5;1-2/h6H;2H3. The Morgan fingerprint density at radius 2 is 1.11 bits per heavy atom. The molecule has 0 radical (unpaired) electrons. The lowest BCUT2D eigenvalue weighted by Crippen LogP contribution is -2.25. The van der Waals surface area contributed by atoms with Crippen molar-refractivity contribution in [3.8, 4) is 0 Å². The van der Waals surface area contributed by atoms with Gasteiger partial charge in [-0.2, -0.15) is 11.1 Å². The van der Waals surface area contributed by atoms with E-state index in [0.717, 1.165) is 9.55 Å². The fourth-order valence-electron chi connectivity index (χ4n) is 0. The Morgan fingerprint density at radius 1 is 1.00 bits per heavy atom. The van der Waals surface area contributed by atoms with Gasteiger partial charge in [-0.25, -0.2) is 0 Å². The normalized spacial score (nSPS) is 11.0. The summed E-state index contributed by atoms with van der Waals surface area (Å²) >= 11 is 31.4. The summed E-state index contributed by atoms with van der Waals surface area (Å²) in [7, 11) is 0.778. The molecular weight excluding hydrogens is 297 g/mol. The van der Waals surface area contributed by atoms with Crippen LogP contribution in [0.2, 0.25) is 0 Å². The van der Waals surface area contributed by atoms with E-state index >= 15 is 0 Å². The molecule has 0 aromatic rings. The van der Waals surface area contributed by atoms with Crippen molar-refractivity contribution in [3.05, 3.63) is 0 Å². The molecule has 9 heavy (non-hydrogen) atoms. The predicted molar refractivity (Wildman–Crippen MR) is 58.0 cm³/mol. The molecule has 0 spiro atoms. The van der Waals surface area contributed by atoms with Gasteiger partial charge in [0.15, 0.2) is 0 Å². The summed E-state index contributed by atoms with van der Waals surface area (Å²) in [5, 5.41) is 0. The molecule has 0 aliphatic rings. The van der Waals surface area contributed by atoms with Gasteiger partial charge in [0.05, 0.1) is 0 Å². The Balaban J connectivity index is 0. The van der Waals surface area contributed by atoms with Crippen molar-refractivity contribution < 1.29 is 0 Å². The minimum Gasteiger partial charge on any atom is -0.181 e. The van der Waals surface area contributed by atoms with Crippen molar-refractivity contribution in [1.82, 2.24) is 0 Å². The first-order valence-corrected chi connectivity index (χ1v) is 15.0. The first-order valence-electron chi connectivity index (χ1n) is 1.67. The fraction of sp³-hybridized carbons (Fsp3) is 0. The van der Waals surface area contributed by atoms with Crippen LogP contribution in [0.1, 0.15) is 0 Å². The second-order valence-corrected chi connectivity index (χ2v) is 22.7. The van der Waals surface area contributed by atoms with Crippen LogP contribution >= 0.6 is 66.5 Å². The lowest BCUT2D eigenvalue weighted by molar-refractivity contribution is 3.61. The van der Waals surface area contributed by atoms with Crippen LogP contribution in [-0.2, 0) is 0 Å². The average Bonchev–Trinajstić information content (AvgIpc) is 1.69. The number of hydrogen-bond acceptors (Lipinski definition) is 0. The Kier molecular flexibility index (Phi) is 10.9. The number of hydrogen-bond donors (Lipinski definition) is 0. The molecule has 0 atom stereocenters. The number of halogens is 6. The van der Waals surface area contributed by atoms with Crippen LogP contribution in [0.3, 0.4) is 0 Å². The maximum atomic E-state index is 5.34. The van der Waals surface area contributed by atoms with Gasteiger partial charge in [0.25, 0.3) is 6.93 Å². The van der Waals surface area contributed by atoms with Gasteiger partial charge < -0.3 is 0 Å². The SMILES string of the molecule is Cl[SiH](Cl)[Si](Cl)(Cl)Cl.[SiH3]Cl. The van der Waals surface area contributed by atoms with Crippen LogP contribution in [-0.4, -0.2) is 22.0 Å². The van der Waals surface area contributed by atoms with E-state index in [9.17, 15) is 0 Å². The molecule has 0 rings (SSSR count). The van der Waals surface area contributed by atoms with Gasteiger partial charge in [0.1, 0.15) is 9.55 Å². The third-order valence-electron chi connectivity index (χ3n) is 0.247. The van der Waals surface area contributed by atoms with E-state index in [-0.39, 0.29) is 0 Å². The van der Waals surface area contributed by atoms with Crippen molar-refractivity contribution in [2.75, 3.05) is 0 Å². The molecule has 0 nitrogen and oxygen atoms in total. The molecule has 0 saturated heterocycles. The van der Waals surface area contributed by atoms with E-state index in [2.05, 4.69) is 0 Å². The Hall–Kier alpha value is 2.39. The van der Waals surface area contributed by atoms with Gasteiger partial charge in [-0.15, -0.1) is 55.4 Å². The first-order chi connectivity index (χ1) is 3.94. The quantitative estimate of drug-likeness (QED) is 0.513. The molecule has 0 aromatic heterocycles. The van der Waals surface area contributed by atoms with Gasteiger partial charge in [0, 0.05) is 0 Å². The maximum Gasteiger partial charge on any atom is 0.355 e. The summed E-state index contributed by atoms with van der Waals surface area (Å²) < 4.78 is 0. The minimum absolute atomic E-state index is 0.778. The molecule has 0 aromatic carbocycles. The number of rotatable bonds is 1. The molecule has 9 heteroatoms. The van der Waals surface area contributed by atoms with Gasteiger partial charge >= 0.3 is 5.52 Å². The second kappa shape index (κ2) is 7.06. The summed E-state index contributed by atoms with van der Waals surface area (Å²) in [6.45, 7) is -1.98. The van der Waals surface area contributed by atoms with E-state index in [1.54, 1.807) is 0 Å². The smallest absolute Gasteiger partial charge is 0.181 e. The van der Waals surface area contributed by atoms with Gasteiger partial charge in [0.2, 0.25) is 0 Å². The van der Waals surface area contributed by atoms with Crippen LogP contribution in [0.5, 0.6) is 0 Å². The van der Waals surface area contributed by atoms with E-state index in [1.165, 1.54) is 0 Å². The minimum atomic E-state index is -2.65. The molecule has 0 heterocycles. The molecule has 0 saturated carbocycles. The summed E-state index contributed by atoms with van der Waals surface area (Å²) in [5.74, 6) is 0. The van der Waals surface area contributed by atoms with Gasteiger partial charge in [-0.3, -0.25) is 0 Å². The van der Waals surface area contributed by atoms with Crippen molar-refractivity contribution >= 4 is 88.5 Å². The van der Waals surface area contributed by atoms with Crippen LogP contribution in [0.15, 0.2) is 0 Å². The van der Waals surface area contributed by atoms with Crippen molar-refractivity contribution in [2.45, 2.75) is 0 Å². The molecule has 0 N–H and O–H groups in total. The maximum absolute atomic E-state index is 5.34. The highest BCUT2D eigenvalue weighted by Crippen LogP contribution is 2.26. The lowest BCUT2D eigenvalue weighted by Gasteiger charge is -2.03. The molecule has 0 unspecified atom stereocenters. The van der Waals surface area contributed by atoms with Crippen LogP contribution in [0.25, 0.3) is 0 Å². The summed E-state index contributed by atoms with van der Waals surface area (Å²) in [6, 6.07) is 0. The zero-order valence-corrected chi connectivity index (χ0v) is 13.0. The summed E-state index contributed by atoms with van der Waals surface area (Å²) in [6.07, 6.45) is 0. The Labute approximate surface area is 87.8 Å². The fourth-order valence-corrected chi connectivity index (χ4v) is 0. The zero-order chi connectivity index (χ0) is 8.08. The molecule has 0 amide bonds. The Morgan fingerprint density at radius 3 is 1.11 bits per heavy atom. The van der Waals surface area contributed by atoms with Crippen LogP contribution in [0.4, 0.5) is 0 Å². The van der Waals surface area contributed by atoms with Crippen LogP contribution in [0, 0.1) is 0 Å². The Bertz CT molecular complexity index is 53.8. The summed E-state index contributed by atoms with van der Waals surface area (Å²) in [5.41, 5.74) is -2.65. The van der Waals surface area contributed by atoms with Crippen molar-refractivity contribution in [1.29, 1.82) is 0 Å². The third-order valence-corrected chi connectivity index (χ3v) is 20.0. The topological polar surface area (TPSA) is 0 Å². The molecule has 0 fully saturated rings. The molecular formula is H4Cl6Si3. The third kappa shape index (κ3) is 10.4. The second-order valence-electron chi connectivity index (χ2n) is 0.842. The van der Waals surface area contributed by atoms with Crippen molar-refractivity contribution in [3.63, 3.8) is 0 Å². The largest absolute Gasteiger partial charge is 0.355 e. The summed E-state index contributed by atoms with van der Waals surface area (Å²) in [4.78, 5) is 0. The lowest BCUT2D eigenvalue weighted by atomic mass is 26.8. The van der Waals surface area contributed by atoms with E-state index in [0.29, 0.717) is 0 Å².